The molecule has 2 rings (SSSR count). The van der Waals surface area contributed by atoms with Crippen LogP contribution in [0.25, 0.3) is 5.69 Å². The standard InChI is InChI=1S/C13H11BrClNO2/c1-7-5-10(13(17)18)8(2)16(7)12-6-9(14)3-4-11(12)15/h3-6H,1-2H3,(H,17,18). The van der Waals surface area contributed by atoms with Gasteiger partial charge in [-0.1, -0.05) is 27.5 Å². The Balaban J connectivity index is 2.71. The molecule has 0 atom stereocenters. The molecule has 0 spiro atoms. The molecule has 94 valence electrons. The first kappa shape index (κ1) is 13.2. The maximum absolute atomic E-state index is 11.1. The number of carboxylic acids is 1. The van der Waals surface area contributed by atoms with Crippen molar-refractivity contribution in [1.82, 2.24) is 4.57 Å². The van der Waals surface area contributed by atoms with Crippen LogP contribution in [0.4, 0.5) is 0 Å². The van der Waals surface area contributed by atoms with Gasteiger partial charge in [-0.15, -0.1) is 0 Å². The molecule has 1 aromatic carbocycles. The quantitative estimate of drug-likeness (QED) is 0.897. The molecular formula is C13H11BrClNO2. The summed E-state index contributed by atoms with van der Waals surface area (Å²) in [4.78, 5) is 11.1. The topological polar surface area (TPSA) is 42.2 Å². The largest absolute Gasteiger partial charge is 0.478 e. The van der Waals surface area contributed by atoms with E-state index < -0.39 is 5.97 Å². The van der Waals surface area contributed by atoms with E-state index in [1.807, 2.05) is 23.6 Å². The van der Waals surface area contributed by atoms with Crippen molar-refractivity contribution in [2.24, 2.45) is 0 Å². The highest BCUT2D eigenvalue weighted by molar-refractivity contribution is 9.10. The number of rotatable bonds is 2. The van der Waals surface area contributed by atoms with Gasteiger partial charge in [-0.3, -0.25) is 0 Å². The lowest BCUT2D eigenvalue weighted by atomic mass is 10.2. The Morgan fingerprint density at radius 1 is 1.33 bits per heavy atom. The second-order valence-corrected chi connectivity index (χ2v) is 5.34. The Morgan fingerprint density at radius 2 is 2.00 bits per heavy atom. The molecule has 1 heterocycles. The summed E-state index contributed by atoms with van der Waals surface area (Å²) in [6, 6.07) is 7.14. The summed E-state index contributed by atoms with van der Waals surface area (Å²) in [6.45, 7) is 3.63. The molecule has 0 saturated heterocycles. The molecule has 0 amide bonds. The molecule has 0 unspecified atom stereocenters. The highest BCUT2D eigenvalue weighted by atomic mass is 79.9. The summed E-state index contributed by atoms with van der Waals surface area (Å²) in [5, 5.41) is 9.70. The highest BCUT2D eigenvalue weighted by Crippen LogP contribution is 2.29. The molecule has 0 saturated carbocycles. The lowest BCUT2D eigenvalue weighted by Gasteiger charge is -2.12. The van der Waals surface area contributed by atoms with Crippen LogP contribution >= 0.6 is 27.5 Å². The molecular weight excluding hydrogens is 318 g/mol. The predicted molar refractivity (Wildman–Crippen MR) is 74.9 cm³/mol. The Labute approximate surface area is 118 Å². The van der Waals surface area contributed by atoms with Gasteiger partial charge >= 0.3 is 5.97 Å². The van der Waals surface area contributed by atoms with Crippen molar-refractivity contribution >= 4 is 33.5 Å². The summed E-state index contributed by atoms with van der Waals surface area (Å²) in [5.41, 5.74) is 2.57. The van der Waals surface area contributed by atoms with Crippen LogP contribution in [0, 0.1) is 13.8 Å². The molecule has 2 aromatic rings. The van der Waals surface area contributed by atoms with Gasteiger partial charge in [0.15, 0.2) is 0 Å². The number of carboxylic acid groups (broad SMARTS) is 1. The first-order chi connectivity index (χ1) is 8.41. The van der Waals surface area contributed by atoms with Crippen molar-refractivity contribution in [3.05, 3.63) is 50.7 Å². The van der Waals surface area contributed by atoms with Gasteiger partial charge in [-0.2, -0.15) is 0 Å². The van der Waals surface area contributed by atoms with Gasteiger partial charge < -0.3 is 9.67 Å². The average Bonchev–Trinajstić information content (AvgIpc) is 2.58. The molecule has 1 aromatic heterocycles. The fraction of sp³-hybridized carbons (Fsp3) is 0.154. The van der Waals surface area contributed by atoms with Crippen LogP contribution in [-0.4, -0.2) is 15.6 Å². The van der Waals surface area contributed by atoms with E-state index in [4.69, 9.17) is 16.7 Å². The van der Waals surface area contributed by atoms with Crippen LogP contribution in [0.5, 0.6) is 0 Å². The van der Waals surface area contributed by atoms with Gasteiger partial charge in [0, 0.05) is 15.9 Å². The third kappa shape index (κ3) is 2.18. The number of benzene rings is 1. The normalized spacial score (nSPS) is 10.7. The van der Waals surface area contributed by atoms with Gasteiger partial charge in [0.1, 0.15) is 0 Å². The van der Waals surface area contributed by atoms with Gasteiger partial charge in [0.2, 0.25) is 0 Å². The number of aryl methyl sites for hydroxylation is 1. The fourth-order valence-electron chi connectivity index (χ4n) is 2.01. The van der Waals surface area contributed by atoms with E-state index in [1.165, 1.54) is 0 Å². The zero-order chi connectivity index (χ0) is 13.4. The van der Waals surface area contributed by atoms with Crippen molar-refractivity contribution in [2.45, 2.75) is 13.8 Å². The maximum atomic E-state index is 11.1. The van der Waals surface area contributed by atoms with E-state index in [2.05, 4.69) is 15.9 Å². The molecule has 0 fully saturated rings. The molecule has 0 radical (unpaired) electrons. The summed E-state index contributed by atoms with van der Waals surface area (Å²) >= 11 is 9.56. The third-order valence-electron chi connectivity index (χ3n) is 2.81. The number of carbonyl (C=O) groups is 1. The summed E-state index contributed by atoms with van der Waals surface area (Å²) in [6.07, 6.45) is 0. The zero-order valence-electron chi connectivity index (χ0n) is 9.87. The smallest absolute Gasteiger partial charge is 0.337 e. The predicted octanol–water partition coefficient (Wildman–Crippen LogP) is 4.21. The van der Waals surface area contributed by atoms with E-state index in [9.17, 15) is 4.79 Å². The Hall–Kier alpha value is -1.26. The summed E-state index contributed by atoms with van der Waals surface area (Å²) in [7, 11) is 0. The summed E-state index contributed by atoms with van der Waals surface area (Å²) < 4.78 is 2.74. The lowest BCUT2D eigenvalue weighted by molar-refractivity contribution is 0.0696. The average molecular weight is 329 g/mol. The van der Waals surface area contributed by atoms with Gasteiger partial charge in [-0.05, 0) is 38.1 Å². The van der Waals surface area contributed by atoms with Crippen molar-refractivity contribution in [1.29, 1.82) is 0 Å². The van der Waals surface area contributed by atoms with E-state index >= 15 is 0 Å². The van der Waals surface area contributed by atoms with Crippen molar-refractivity contribution in [2.75, 3.05) is 0 Å². The maximum Gasteiger partial charge on any atom is 0.337 e. The molecule has 0 aliphatic rings. The van der Waals surface area contributed by atoms with Crippen molar-refractivity contribution < 1.29 is 9.90 Å². The van der Waals surface area contributed by atoms with Crippen LogP contribution in [0.1, 0.15) is 21.7 Å². The van der Waals surface area contributed by atoms with Gasteiger partial charge in [-0.25, -0.2) is 4.79 Å². The Bertz CT molecular complexity index is 634. The number of aromatic nitrogens is 1. The monoisotopic (exact) mass is 327 g/mol. The van der Waals surface area contributed by atoms with E-state index in [0.29, 0.717) is 16.3 Å². The van der Waals surface area contributed by atoms with Crippen LogP contribution < -0.4 is 0 Å². The molecule has 3 nitrogen and oxygen atoms in total. The van der Waals surface area contributed by atoms with Crippen molar-refractivity contribution in [3.8, 4) is 5.69 Å². The molecule has 5 heteroatoms. The lowest BCUT2D eigenvalue weighted by Crippen LogP contribution is -2.03. The van der Waals surface area contributed by atoms with E-state index in [-0.39, 0.29) is 0 Å². The second-order valence-electron chi connectivity index (χ2n) is 4.02. The summed E-state index contributed by atoms with van der Waals surface area (Å²) in [5.74, 6) is -0.930. The first-order valence-electron chi connectivity index (χ1n) is 5.29. The first-order valence-corrected chi connectivity index (χ1v) is 6.46. The van der Waals surface area contributed by atoms with Crippen LogP contribution in [0.2, 0.25) is 5.02 Å². The molecule has 1 N–H and O–H groups in total. The number of halogens is 2. The van der Waals surface area contributed by atoms with E-state index in [1.54, 1.807) is 19.1 Å². The van der Waals surface area contributed by atoms with Gasteiger partial charge in [0.05, 0.1) is 16.3 Å². The molecule has 18 heavy (non-hydrogen) atoms. The zero-order valence-corrected chi connectivity index (χ0v) is 12.2. The minimum Gasteiger partial charge on any atom is -0.478 e. The molecule has 0 bridgehead atoms. The number of nitrogens with zero attached hydrogens (tertiary/aromatic N) is 1. The third-order valence-corrected chi connectivity index (χ3v) is 3.62. The van der Waals surface area contributed by atoms with Crippen LogP contribution in [0.15, 0.2) is 28.7 Å². The molecule has 0 aliphatic carbocycles. The Morgan fingerprint density at radius 3 is 2.56 bits per heavy atom. The minimum atomic E-state index is -0.930. The fourth-order valence-corrected chi connectivity index (χ4v) is 2.56. The minimum absolute atomic E-state index is 0.295. The Kier molecular flexibility index (Phi) is 3.50. The van der Waals surface area contributed by atoms with E-state index in [0.717, 1.165) is 15.9 Å². The number of aromatic carboxylic acids is 1. The number of hydrogen-bond acceptors (Lipinski definition) is 1. The van der Waals surface area contributed by atoms with Crippen molar-refractivity contribution in [3.63, 3.8) is 0 Å². The highest BCUT2D eigenvalue weighted by Gasteiger charge is 2.17. The SMILES string of the molecule is Cc1cc(C(=O)O)c(C)n1-c1cc(Br)ccc1Cl. The van der Waals surface area contributed by atoms with Gasteiger partial charge in [0.25, 0.3) is 0 Å². The number of hydrogen-bond donors (Lipinski definition) is 1. The van der Waals surface area contributed by atoms with Crippen LogP contribution in [-0.2, 0) is 0 Å². The van der Waals surface area contributed by atoms with Crippen LogP contribution in [0.3, 0.4) is 0 Å². The second kappa shape index (κ2) is 4.78. The molecule has 0 aliphatic heterocycles.